The van der Waals surface area contributed by atoms with Gasteiger partial charge in [0.15, 0.2) is 23.9 Å². The van der Waals surface area contributed by atoms with Gasteiger partial charge < -0.3 is 81.7 Å². The minimum atomic E-state index is -2.23. The van der Waals surface area contributed by atoms with Crippen molar-refractivity contribution in [2.24, 2.45) is 17.2 Å². The Morgan fingerprint density at radius 3 is 1.83 bits per heavy atom. The minimum absolute atomic E-state index is 0.667. The number of nitrogens with two attached hydrogens (primary N) is 3. The van der Waals surface area contributed by atoms with E-state index in [9.17, 15) is 40.9 Å². The van der Waals surface area contributed by atoms with Crippen LogP contribution in [0.4, 0.5) is 0 Å². The summed E-state index contributed by atoms with van der Waals surface area (Å²) in [5.74, 6) is 0. The average molecular weight is 550 g/mol. The molecular weight excluding hydrogens is 514 g/mol. The molecule has 16 nitrogen and oxygen atoms in total. The Bertz CT molecular complexity index is 739. The molecule has 0 saturated carbocycles. The molecule has 3 aliphatic rings. The van der Waals surface area contributed by atoms with Crippen molar-refractivity contribution in [2.45, 2.75) is 97.3 Å². The van der Waals surface area contributed by atoms with Crippen LogP contribution < -0.4 is 17.2 Å². The Morgan fingerprint density at radius 2 is 1.31 bits per heavy atom. The third-order valence-electron chi connectivity index (χ3n) is 6.92. The van der Waals surface area contributed by atoms with Crippen LogP contribution in [0.2, 0.25) is 0 Å². The number of hydrogen-bond acceptors (Lipinski definition) is 16. The highest BCUT2D eigenvalue weighted by Gasteiger charge is 2.61. The molecule has 15 atom stereocenters. The number of ether oxygens (including phenoxy) is 5. The summed E-state index contributed by atoms with van der Waals surface area (Å²) >= 11 is 6.16. The summed E-state index contributed by atoms with van der Waals surface area (Å²) in [4.78, 5) is 0. The van der Waals surface area contributed by atoms with E-state index in [1.807, 2.05) is 0 Å². The molecule has 0 aromatic heterocycles. The molecule has 0 aromatic carbocycles. The van der Waals surface area contributed by atoms with E-state index in [0.717, 1.165) is 6.92 Å². The van der Waals surface area contributed by atoms with Crippen LogP contribution in [0.3, 0.4) is 0 Å². The number of halogens is 1. The van der Waals surface area contributed by atoms with Crippen molar-refractivity contribution in [3.63, 3.8) is 0 Å². The highest BCUT2D eigenvalue weighted by Crippen LogP contribution is 2.41. The van der Waals surface area contributed by atoms with Gasteiger partial charge in [-0.15, -0.1) is 0 Å². The molecule has 0 aliphatic carbocycles. The maximum atomic E-state index is 10.9. The number of rotatable bonds is 7. The fourth-order valence-corrected chi connectivity index (χ4v) is 4.60. The average Bonchev–Trinajstić information content (AvgIpc) is 2.85. The van der Waals surface area contributed by atoms with Crippen molar-refractivity contribution < 1.29 is 64.5 Å². The van der Waals surface area contributed by atoms with Gasteiger partial charge in [-0.1, -0.05) is 11.6 Å². The smallest absolute Gasteiger partial charge is 0.198 e. The van der Waals surface area contributed by atoms with Crippen LogP contribution >= 0.6 is 11.6 Å². The van der Waals surface area contributed by atoms with Gasteiger partial charge in [-0.3, -0.25) is 0 Å². The summed E-state index contributed by atoms with van der Waals surface area (Å²) in [7, 11) is 0. The molecule has 212 valence electrons. The van der Waals surface area contributed by atoms with E-state index >= 15 is 0 Å². The van der Waals surface area contributed by atoms with Crippen molar-refractivity contribution in [1.29, 1.82) is 0 Å². The zero-order valence-electron chi connectivity index (χ0n) is 19.4. The summed E-state index contributed by atoms with van der Waals surface area (Å²) in [6.07, 6.45) is -14.8. The minimum Gasteiger partial charge on any atom is -0.394 e. The summed E-state index contributed by atoms with van der Waals surface area (Å²) in [6.45, 7) is -1.24. The van der Waals surface area contributed by atoms with Crippen LogP contribution in [0.5, 0.6) is 0 Å². The molecule has 3 rings (SSSR count). The van der Waals surface area contributed by atoms with Gasteiger partial charge in [-0.2, -0.15) is 0 Å². The third kappa shape index (κ3) is 5.25. The van der Waals surface area contributed by atoms with Crippen LogP contribution in [0.25, 0.3) is 0 Å². The highest BCUT2D eigenvalue weighted by atomic mass is 35.5. The molecule has 17 heteroatoms. The first-order valence-electron chi connectivity index (χ1n) is 11.3. The number of alkyl halides is 1. The largest absolute Gasteiger partial charge is 0.394 e. The number of aliphatic hydroxyl groups is 8. The molecule has 3 fully saturated rings. The Labute approximate surface area is 211 Å². The summed E-state index contributed by atoms with van der Waals surface area (Å²) < 4.78 is 27.5. The van der Waals surface area contributed by atoms with Gasteiger partial charge >= 0.3 is 0 Å². The Balaban J connectivity index is 1.76. The van der Waals surface area contributed by atoms with Gasteiger partial charge in [0, 0.05) is 0 Å². The van der Waals surface area contributed by atoms with E-state index in [0.29, 0.717) is 0 Å². The lowest BCUT2D eigenvalue weighted by atomic mass is 9.84. The van der Waals surface area contributed by atoms with Crippen LogP contribution in [-0.4, -0.2) is 151 Å². The summed E-state index contributed by atoms with van der Waals surface area (Å²) in [6, 6.07) is -4.08. The lowest BCUT2D eigenvalue weighted by Crippen LogP contribution is -2.74. The van der Waals surface area contributed by atoms with Crippen molar-refractivity contribution in [1.82, 2.24) is 0 Å². The topological polar surface area (TPSA) is 286 Å². The second-order valence-electron chi connectivity index (χ2n) is 9.35. The first kappa shape index (κ1) is 30.2. The van der Waals surface area contributed by atoms with E-state index in [2.05, 4.69) is 0 Å². The van der Waals surface area contributed by atoms with E-state index in [1.165, 1.54) is 0 Å². The zero-order valence-corrected chi connectivity index (χ0v) is 20.1. The Morgan fingerprint density at radius 1 is 0.806 bits per heavy atom. The molecule has 3 heterocycles. The second-order valence-corrected chi connectivity index (χ2v) is 9.96. The van der Waals surface area contributed by atoms with E-state index < -0.39 is 110 Å². The van der Waals surface area contributed by atoms with Gasteiger partial charge in [-0.25, -0.2) is 0 Å². The quantitative estimate of drug-likeness (QED) is 0.131. The first-order chi connectivity index (χ1) is 16.7. The Kier molecular flexibility index (Phi) is 9.57. The van der Waals surface area contributed by atoms with Crippen molar-refractivity contribution >= 4 is 11.6 Å². The van der Waals surface area contributed by atoms with Crippen LogP contribution in [0, 0.1) is 0 Å². The van der Waals surface area contributed by atoms with Crippen LogP contribution in [-0.2, 0) is 23.7 Å². The lowest BCUT2D eigenvalue weighted by molar-refractivity contribution is -0.360. The molecular formula is C19H36ClN3O13. The van der Waals surface area contributed by atoms with E-state index in [1.54, 1.807) is 0 Å². The van der Waals surface area contributed by atoms with Gasteiger partial charge in [-0.05, 0) is 6.92 Å². The first-order valence-corrected chi connectivity index (χ1v) is 11.6. The fraction of sp³-hybridized carbons (Fsp3) is 1.00. The predicted octanol–water partition coefficient (Wildman–Crippen LogP) is -6.72. The van der Waals surface area contributed by atoms with Crippen molar-refractivity contribution in [2.75, 3.05) is 19.8 Å². The van der Waals surface area contributed by atoms with Gasteiger partial charge in [0.05, 0.1) is 37.9 Å². The van der Waals surface area contributed by atoms with Crippen molar-refractivity contribution in [3.05, 3.63) is 0 Å². The molecule has 14 N–H and O–H groups in total. The molecule has 0 radical (unpaired) electrons. The molecule has 0 aromatic rings. The lowest BCUT2D eigenvalue weighted by Gasteiger charge is -2.52. The maximum Gasteiger partial charge on any atom is 0.198 e. The molecule has 36 heavy (non-hydrogen) atoms. The molecule has 0 bridgehead atoms. The van der Waals surface area contributed by atoms with Gasteiger partial charge in [0.25, 0.3) is 0 Å². The molecule has 3 saturated heterocycles. The molecule has 0 amide bonds. The SMILES string of the molecule is C[C@]1(O)[C@H](O)[C@@H](N)[C@@H](OC2[C@@H](CO)O[C@@H](OC3[C@@H](CO)O[C@@H](O)[C@H](N)[C@H]3O)[C@H](N)[C@H]2O)O[C@@]1(Cl)CO. The number of hydrogen-bond donors (Lipinski definition) is 11. The normalized spacial score (nSPS) is 54.4. The fourth-order valence-electron chi connectivity index (χ4n) is 4.40. The summed E-state index contributed by atoms with van der Waals surface area (Å²) in [5, 5.41) is 78.9. The van der Waals surface area contributed by atoms with Crippen LogP contribution in [0.15, 0.2) is 0 Å². The van der Waals surface area contributed by atoms with E-state index in [4.69, 9.17) is 52.5 Å². The van der Waals surface area contributed by atoms with Gasteiger partial charge in [0.1, 0.15) is 48.3 Å². The second kappa shape index (κ2) is 11.4. The number of aliphatic hydroxyl groups excluding tert-OH is 7. The predicted molar refractivity (Wildman–Crippen MR) is 117 cm³/mol. The van der Waals surface area contributed by atoms with Gasteiger partial charge in [0.2, 0.25) is 0 Å². The van der Waals surface area contributed by atoms with Crippen molar-refractivity contribution in [3.8, 4) is 0 Å². The molecule has 2 unspecified atom stereocenters. The van der Waals surface area contributed by atoms with Crippen LogP contribution in [0.1, 0.15) is 6.92 Å². The highest BCUT2D eigenvalue weighted by molar-refractivity contribution is 6.24. The monoisotopic (exact) mass is 549 g/mol. The van der Waals surface area contributed by atoms with E-state index in [-0.39, 0.29) is 0 Å². The molecule has 3 aliphatic heterocycles. The zero-order chi connectivity index (χ0) is 27.2. The Hall–Kier alpha value is -0.350. The summed E-state index contributed by atoms with van der Waals surface area (Å²) in [5.41, 5.74) is 15.5. The standard InChI is InChI=1S/C19H36ClN3O13/c1-18(31)14(29)9(23)17(36-19(18,20)4-26)35-13-6(3-25)33-16(8(22)11(13)28)34-12-5(2-24)32-15(30)7(21)10(12)27/h5-17,24-31H,2-4,21-23H2,1H3/t5-,6-,7-,8-,9-,10-,11-,12?,13?,14-,15-,16+,17+,18+,19+/m1/s1. The third-order valence-corrected chi connectivity index (χ3v) is 7.51. The maximum absolute atomic E-state index is 10.9. The molecule has 0 spiro atoms.